The molecule has 1 aliphatic carbocycles. The molecule has 16 nitrogen and oxygen atoms in total. The van der Waals surface area contributed by atoms with Gasteiger partial charge in [0.2, 0.25) is 0 Å². The number of methoxy groups -OCH3 is 3. The highest BCUT2D eigenvalue weighted by molar-refractivity contribution is 6.39. The van der Waals surface area contributed by atoms with E-state index in [1.807, 2.05) is 40.8 Å². The lowest BCUT2D eigenvalue weighted by molar-refractivity contribution is -0.230. The minimum absolute atomic E-state index is 0.0578. The van der Waals surface area contributed by atoms with E-state index in [-0.39, 0.29) is 49.2 Å². The molecule has 5 rings (SSSR count). The molecule has 2 N–H and O–H groups in total. The lowest BCUT2D eigenvalue weighted by Crippen LogP contribution is -2.63. The van der Waals surface area contributed by atoms with E-state index in [9.17, 15) is 34.2 Å². The summed E-state index contributed by atoms with van der Waals surface area (Å²) in [6, 6.07) is -1.08. The Labute approximate surface area is 393 Å². The van der Waals surface area contributed by atoms with E-state index in [1.54, 1.807) is 46.0 Å². The molecule has 374 valence electrons. The summed E-state index contributed by atoms with van der Waals surface area (Å²) in [5, 5.41) is 23.5. The number of carbonyl (C=O) groups is 5. The first-order valence-corrected chi connectivity index (χ1v) is 24.5. The van der Waals surface area contributed by atoms with Gasteiger partial charge < -0.3 is 53.3 Å². The molecular weight excluding hydrogens is 851 g/mol. The Kier molecular flexibility index (Phi) is 19.4. The van der Waals surface area contributed by atoms with Crippen molar-refractivity contribution in [3.8, 4) is 0 Å². The molecule has 66 heavy (non-hydrogen) atoms. The van der Waals surface area contributed by atoms with E-state index in [2.05, 4.69) is 4.90 Å². The maximum atomic E-state index is 14.6. The van der Waals surface area contributed by atoms with E-state index >= 15 is 0 Å². The van der Waals surface area contributed by atoms with Gasteiger partial charge in [0.25, 0.3) is 11.7 Å². The monoisotopic (exact) mass is 932 g/mol. The van der Waals surface area contributed by atoms with Crippen LogP contribution in [0.15, 0.2) is 23.3 Å². The molecule has 4 fully saturated rings. The number of esters is 1. The molecule has 0 unspecified atom stereocenters. The fraction of sp³-hybridized carbons (Fsp3) is 0.820. The van der Waals surface area contributed by atoms with E-state index in [0.717, 1.165) is 13.1 Å². The van der Waals surface area contributed by atoms with Crippen LogP contribution in [0.25, 0.3) is 0 Å². The van der Waals surface area contributed by atoms with E-state index < -0.39 is 89.8 Å². The van der Waals surface area contributed by atoms with Crippen LogP contribution in [0, 0.1) is 29.6 Å². The van der Waals surface area contributed by atoms with Crippen molar-refractivity contribution in [1.82, 2.24) is 14.7 Å². The maximum absolute atomic E-state index is 14.6. The number of cyclic esters (lactones) is 1. The van der Waals surface area contributed by atoms with Crippen molar-refractivity contribution in [3.63, 3.8) is 0 Å². The summed E-state index contributed by atoms with van der Waals surface area (Å²) in [6.07, 6.45) is 1.67. The number of Topliss-reactive ketones (excluding diaryl/α,β-unsaturated/α-hetero) is 2. The molecule has 0 aromatic rings. The van der Waals surface area contributed by atoms with Gasteiger partial charge in [0, 0.05) is 72.3 Å². The summed E-state index contributed by atoms with van der Waals surface area (Å²) < 4.78 is 36.8. The number of hydrogen-bond donors (Lipinski definition) is 2. The minimum atomic E-state index is -1.59. The third kappa shape index (κ3) is 12.5. The fourth-order valence-electron chi connectivity index (χ4n) is 10.8. The van der Waals surface area contributed by atoms with E-state index in [0.29, 0.717) is 75.6 Å². The number of allylic oxidation sites excluding steroid dienone is 2. The summed E-state index contributed by atoms with van der Waals surface area (Å²) >= 11 is 0. The van der Waals surface area contributed by atoms with Crippen molar-refractivity contribution < 1.29 is 62.6 Å². The van der Waals surface area contributed by atoms with Crippen LogP contribution in [-0.4, -0.2) is 176 Å². The Balaban J connectivity index is 1.47. The number of piperazine rings is 1. The Morgan fingerprint density at radius 2 is 1.53 bits per heavy atom. The predicted octanol–water partition coefficient (Wildman–Crippen LogP) is 4.91. The number of nitrogens with zero attached hydrogens (tertiary/aromatic N) is 3. The van der Waals surface area contributed by atoms with Gasteiger partial charge in [0.15, 0.2) is 0 Å². The fourth-order valence-corrected chi connectivity index (χ4v) is 10.8. The van der Waals surface area contributed by atoms with E-state index in [4.69, 9.17) is 28.4 Å². The summed E-state index contributed by atoms with van der Waals surface area (Å²) in [7, 11) is 6.73. The molecule has 15 atom stereocenters. The Morgan fingerprint density at radius 1 is 0.879 bits per heavy atom. The molecule has 4 aliphatic heterocycles. The summed E-state index contributed by atoms with van der Waals surface area (Å²) in [5.41, 5.74) is -0.340. The number of rotatable bonds is 7. The van der Waals surface area contributed by atoms with Crippen molar-refractivity contribution in [1.29, 1.82) is 0 Å². The van der Waals surface area contributed by atoms with Gasteiger partial charge in [-0.25, -0.2) is 9.59 Å². The van der Waals surface area contributed by atoms with Crippen LogP contribution >= 0.6 is 0 Å². The molecule has 2 bridgehead atoms. The first-order chi connectivity index (χ1) is 31.3. The number of fused-ring (bicyclic) bond motifs is 3. The van der Waals surface area contributed by atoms with Crippen molar-refractivity contribution >= 4 is 29.5 Å². The van der Waals surface area contributed by atoms with Crippen LogP contribution < -0.4 is 0 Å². The molecule has 0 aromatic carbocycles. The molecule has 16 heteroatoms. The smallest absolute Gasteiger partial charge is 0.410 e. The zero-order chi connectivity index (χ0) is 48.6. The third-order valence-corrected chi connectivity index (χ3v) is 15.6. The van der Waals surface area contributed by atoms with Crippen LogP contribution in [0.3, 0.4) is 0 Å². The number of carbonyl (C=O) groups excluding carboxylic acids is 5. The van der Waals surface area contributed by atoms with Gasteiger partial charge in [0.1, 0.15) is 35.7 Å². The number of piperidine rings is 1. The summed E-state index contributed by atoms with van der Waals surface area (Å²) in [6.45, 7) is 15.5. The van der Waals surface area contributed by atoms with Crippen molar-refractivity contribution in [3.05, 3.63) is 23.3 Å². The van der Waals surface area contributed by atoms with Gasteiger partial charge >= 0.3 is 12.1 Å². The molecule has 4 heterocycles. The Bertz CT molecular complexity index is 1750. The van der Waals surface area contributed by atoms with Crippen LogP contribution in [-0.2, 0) is 47.6 Å². The SMILES string of the molecule is CC[C@@H]1/C=C(\C)[C@@H](O)[C@H](C)C[C@H](OC)[C@H]2O[C@@](C)(C(=O)C(=O)N3CCCC[C@H]3C(=O)O[C@H](/C(C)=C/[C@@H]3CC[C@@H](OC(=O)N4CCN(C)CC4)[C@H](OC)C3)[C@H](C)[C@@H](O)CC1=O)[C@H](C)C[C@@H]2OC. The zero-order valence-electron chi connectivity index (χ0n) is 41.6. The molecular formula is C50H81N3O13. The van der Waals surface area contributed by atoms with Gasteiger partial charge in [-0.15, -0.1) is 0 Å². The Hall–Kier alpha value is -3.25. The first-order valence-electron chi connectivity index (χ1n) is 24.5. The van der Waals surface area contributed by atoms with Gasteiger partial charge in [0.05, 0.1) is 30.5 Å². The second-order valence-electron chi connectivity index (χ2n) is 20.2. The second kappa shape index (κ2) is 23.9. The quantitative estimate of drug-likeness (QED) is 0.199. The van der Waals surface area contributed by atoms with Gasteiger partial charge in [-0.3, -0.25) is 14.4 Å². The number of aliphatic hydroxyl groups is 2. The molecule has 1 saturated carbocycles. The maximum Gasteiger partial charge on any atom is 0.410 e. The first kappa shape index (κ1) is 53.7. The normalized spacial score (nSPS) is 39.8. The van der Waals surface area contributed by atoms with Crippen molar-refractivity contribution in [2.24, 2.45) is 29.6 Å². The predicted molar refractivity (Wildman–Crippen MR) is 246 cm³/mol. The molecule has 3 saturated heterocycles. The number of ether oxygens (including phenoxy) is 6. The summed E-state index contributed by atoms with van der Waals surface area (Å²) in [5.74, 6) is -4.78. The Morgan fingerprint density at radius 3 is 2.17 bits per heavy atom. The molecule has 0 aromatic heterocycles. The lowest BCUT2D eigenvalue weighted by Gasteiger charge is -2.48. The van der Waals surface area contributed by atoms with Crippen LogP contribution in [0.1, 0.15) is 113 Å². The molecule has 2 amide bonds. The van der Waals surface area contributed by atoms with Crippen molar-refractivity contribution in [2.75, 3.05) is 61.1 Å². The number of aliphatic hydroxyl groups excluding tert-OH is 2. The van der Waals surface area contributed by atoms with Gasteiger partial charge in [-0.1, -0.05) is 39.8 Å². The van der Waals surface area contributed by atoms with E-state index in [1.165, 1.54) is 12.0 Å². The van der Waals surface area contributed by atoms with Gasteiger partial charge in [-0.2, -0.15) is 0 Å². The largest absolute Gasteiger partial charge is 0.456 e. The average molecular weight is 932 g/mol. The minimum Gasteiger partial charge on any atom is -0.456 e. The lowest BCUT2D eigenvalue weighted by atomic mass is 9.76. The molecule has 5 aliphatic rings. The topological polar surface area (TPSA) is 191 Å². The number of hydrogen-bond acceptors (Lipinski definition) is 14. The van der Waals surface area contributed by atoms with Gasteiger partial charge in [-0.05, 0) is 115 Å². The van der Waals surface area contributed by atoms with Crippen LogP contribution in [0.4, 0.5) is 4.79 Å². The highest BCUT2D eigenvalue weighted by atomic mass is 16.6. The number of likely N-dealkylation sites (N-methyl/N-ethyl adjacent to an activating group) is 1. The number of amides is 2. The van der Waals surface area contributed by atoms with Crippen molar-refractivity contribution in [2.45, 2.75) is 173 Å². The standard InChI is InChI=1S/C50H81N3O13/c1-12-35-24-29(2)43(56)30(3)25-41(62-10)45-42(63-11)26-32(5)50(7,66-45)46(57)47(58)53-18-14-13-15-36(53)48(59)65-44(33(6)37(54)28-38(35)55)31(4)23-34-16-17-39(40(27-34)61-9)64-49(60)52-21-19-51(8)20-22-52/h23-24,30,32-37,39-45,54,56H,12-22,25-28H2,1-11H3/b29-24+,31-23+/t30-,32-,33-,34+,35-,36+,37+,39-,40-,41+,42+,43-,44-,45-,50-/m1/s1. The highest BCUT2D eigenvalue weighted by Gasteiger charge is 2.55. The average Bonchev–Trinajstić information content (AvgIpc) is 3.31. The zero-order valence-corrected chi connectivity index (χ0v) is 41.6. The van der Waals surface area contributed by atoms with Crippen LogP contribution in [0.5, 0.6) is 0 Å². The highest BCUT2D eigenvalue weighted by Crippen LogP contribution is 2.40. The third-order valence-electron chi connectivity index (χ3n) is 15.6. The molecule has 0 radical (unpaired) electrons. The van der Waals surface area contributed by atoms with Crippen LogP contribution in [0.2, 0.25) is 0 Å². The summed E-state index contributed by atoms with van der Waals surface area (Å²) in [4.78, 5) is 76.0. The second-order valence-corrected chi connectivity index (χ2v) is 20.2. The number of ketones is 2. The molecule has 0 spiro atoms.